The Hall–Kier alpha value is -0.890. The standard InChI is InChI=1S/C17H26FN/c1-4-7-19-17(14-6-5-12(2)8-14)15-9-13(3)10-16(18)11-15/h9-12,14,17,19H,4-8H2,1-3H3. The molecule has 2 rings (SSSR count). The molecular formula is C17H26FN. The van der Waals surface area contributed by atoms with Gasteiger partial charge in [0, 0.05) is 6.04 Å². The highest BCUT2D eigenvalue weighted by Gasteiger charge is 2.29. The molecule has 0 saturated heterocycles. The van der Waals surface area contributed by atoms with Crippen LogP contribution in [0.4, 0.5) is 4.39 Å². The molecule has 2 heteroatoms. The van der Waals surface area contributed by atoms with Crippen LogP contribution in [0, 0.1) is 24.6 Å². The van der Waals surface area contributed by atoms with Crippen LogP contribution in [0.3, 0.4) is 0 Å². The summed E-state index contributed by atoms with van der Waals surface area (Å²) in [5.41, 5.74) is 2.15. The first kappa shape index (κ1) is 14.5. The van der Waals surface area contributed by atoms with Gasteiger partial charge in [0.1, 0.15) is 5.82 Å². The molecule has 0 heterocycles. The Kier molecular flexibility index (Phi) is 4.98. The predicted octanol–water partition coefficient (Wildman–Crippen LogP) is 4.61. The van der Waals surface area contributed by atoms with Crippen LogP contribution in [-0.2, 0) is 0 Å². The van der Waals surface area contributed by atoms with Crippen molar-refractivity contribution in [1.29, 1.82) is 0 Å². The molecule has 1 aromatic carbocycles. The molecule has 1 aliphatic rings. The average Bonchev–Trinajstić information content (AvgIpc) is 2.75. The van der Waals surface area contributed by atoms with Crippen molar-refractivity contribution < 1.29 is 4.39 Å². The Balaban J connectivity index is 2.20. The Labute approximate surface area is 116 Å². The molecule has 0 aromatic heterocycles. The fourth-order valence-corrected chi connectivity index (χ4v) is 3.35. The third-order valence-electron chi connectivity index (χ3n) is 4.24. The molecule has 1 fully saturated rings. The molecule has 0 spiro atoms. The predicted molar refractivity (Wildman–Crippen MR) is 78.7 cm³/mol. The molecule has 0 amide bonds. The van der Waals surface area contributed by atoms with Crippen LogP contribution in [0.5, 0.6) is 0 Å². The van der Waals surface area contributed by atoms with Crippen LogP contribution in [0.25, 0.3) is 0 Å². The lowest BCUT2D eigenvalue weighted by molar-refractivity contribution is 0.358. The lowest BCUT2D eigenvalue weighted by Gasteiger charge is -2.26. The quantitative estimate of drug-likeness (QED) is 0.818. The highest BCUT2D eigenvalue weighted by molar-refractivity contribution is 5.27. The van der Waals surface area contributed by atoms with Crippen LogP contribution >= 0.6 is 0 Å². The van der Waals surface area contributed by atoms with E-state index in [4.69, 9.17) is 0 Å². The third kappa shape index (κ3) is 3.79. The van der Waals surface area contributed by atoms with Gasteiger partial charge in [-0.2, -0.15) is 0 Å². The van der Waals surface area contributed by atoms with Gasteiger partial charge in [-0.15, -0.1) is 0 Å². The van der Waals surface area contributed by atoms with E-state index in [-0.39, 0.29) is 5.82 Å². The van der Waals surface area contributed by atoms with Gasteiger partial charge in [0.2, 0.25) is 0 Å². The van der Waals surface area contributed by atoms with E-state index in [0.717, 1.165) is 30.0 Å². The van der Waals surface area contributed by atoms with E-state index in [0.29, 0.717) is 12.0 Å². The first-order valence-electron chi connectivity index (χ1n) is 7.60. The second-order valence-electron chi connectivity index (χ2n) is 6.17. The topological polar surface area (TPSA) is 12.0 Å². The molecule has 3 unspecified atom stereocenters. The summed E-state index contributed by atoms with van der Waals surface area (Å²) in [7, 11) is 0. The molecular weight excluding hydrogens is 237 g/mol. The number of hydrogen-bond donors (Lipinski definition) is 1. The van der Waals surface area contributed by atoms with Crippen molar-refractivity contribution in [3.63, 3.8) is 0 Å². The van der Waals surface area contributed by atoms with Crippen molar-refractivity contribution in [1.82, 2.24) is 5.32 Å². The molecule has 1 aliphatic carbocycles. The molecule has 1 aromatic rings. The summed E-state index contributed by atoms with van der Waals surface area (Å²) in [6.45, 7) is 7.48. The van der Waals surface area contributed by atoms with Crippen LogP contribution < -0.4 is 5.32 Å². The van der Waals surface area contributed by atoms with Crippen molar-refractivity contribution in [3.8, 4) is 0 Å². The summed E-state index contributed by atoms with van der Waals surface area (Å²) < 4.78 is 13.6. The fourth-order valence-electron chi connectivity index (χ4n) is 3.35. The van der Waals surface area contributed by atoms with E-state index in [1.807, 2.05) is 6.92 Å². The van der Waals surface area contributed by atoms with Gasteiger partial charge in [-0.3, -0.25) is 0 Å². The van der Waals surface area contributed by atoms with Crippen LogP contribution in [0.2, 0.25) is 0 Å². The SMILES string of the molecule is CCCNC(c1cc(C)cc(F)c1)C1CCC(C)C1. The summed E-state index contributed by atoms with van der Waals surface area (Å²) in [6.07, 6.45) is 4.95. The number of rotatable bonds is 5. The molecule has 0 aliphatic heterocycles. The van der Waals surface area contributed by atoms with Gasteiger partial charge in [-0.05, 0) is 67.8 Å². The Bertz CT molecular complexity index is 395. The Morgan fingerprint density at radius 3 is 2.68 bits per heavy atom. The van der Waals surface area contributed by atoms with Gasteiger partial charge in [0.25, 0.3) is 0 Å². The maximum Gasteiger partial charge on any atom is 0.123 e. The molecule has 0 bridgehead atoms. The van der Waals surface area contributed by atoms with Gasteiger partial charge >= 0.3 is 0 Å². The number of benzene rings is 1. The first-order valence-corrected chi connectivity index (χ1v) is 7.60. The smallest absolute Gasteiger partial charge is 0.123 e. The normalized spacial score (nSPS) is 24.6. The van der Waals surface area contributed by atoms with Gasteiger partial charge < -0.3 is 5.32 Å². The Morgan fingerprint density at radius 2 is 2.11 bits per heavy atom. The average molecular weight is 263 g/mol. The highest BCUT2D eigenvalue weighted by atomic mass is 19.1. The zero-order valence-corrected chi connectivity index (χ0v) is 12.4. The van der Waals surface area contributed by atoms with Crippen molar-refractivity contribution in [2.45, 2.75) is 52.5 Å². The monoisotopic (exact) mass is 263 g/mol. The number of halogens is 1. The Morgan fingerprint density at radius 1 is 1.32 bits per heavy atom. The summed E-state index contributed by atoms with van der Waals surface area (Å²) in [6, 6.07) is 5.78. The minimum atomic E-state index is -0.107. The molecule has 0 radical (unpaired) electrons. The van der Waals surface area contributed by atoms with Crippen molar-refractivity contribution in [2.75, 3.05) is 6.54 Å². The van der Waals surface area contributed by atoms with Crippen molar-refractivity contribution >= 4 is 0 Å². The van der Waals surface area contributed by atoms with E-state index >= 15 is 0 Å². The van der Waals surface area contributed by atoms with E-state index in [1.54, 1.807) is 12.1 Å². The second-order valence-corrected chi connectivity index (χ2v) is 6.17. The van der Waals surface area contributed by atoms with Crippen molar-refractivity contribution in [2.24, 2.45) is 11.8 Å². The van der Waals surface area contributed by atoms with Crippen LogP contribution in [0.1, 0.15) is 56.7 Å². The summed E-state index contributed by atoms with van der Waals surface area (Å²) in [4.78, 5) is 0. The molecule has 106 valence electrons. The fraction of sp³-hybridized carbons (Fsp3) is 0.647. The summed E-state index contributed by atoms with van der Waals surface area (Å²) in [5, 5.41) is 3.64. The molecule has 3 atom stereocenters. The summed E-state index contributed by atoms with van der Waals surface area (Å²) >= 11 is 0. The van der Waals surface area contributed by atoms with Gasteiger partial charge in [0.05, 0.1) is 0 Å². The maximum absolute atomic E-state index is 13.6. The first-order chi connectivity index (χ1) is 9.10. The maximum atomic E-state index is 13.6. The molecule has 1 nitrogen and oxygen atoms in total. The summed E-state index contributed by atoms with van der Waals surface area (Å²) in [5.74, 6) is 1.36. The highest BCUT2D eigenvalue weighted by Crippen LogP contribution is 2.39. The number of hydrogen-bond acceptors (Lipinski definition) is 1. The minimum absolute atomic E-state index is 0.107. The molecule has 1 saturated carbocycles. The van der Waals surface area contributed by atoms with Gasteiger partial charge in [0.15, 0.2) is 0 Å². The van der Waals surface area contributed by atoms with E-state index < -0.39 is 0 Å². The van der Waals surface area contributed by atoms with Crippen molar-refractivity contribution in [3.05, 3.63) is 35.1 Å². The van der Waals surface area contributed by atoms with Gasteiger partial charge in [-0.25, -0.2) is 4.39 Å². The van der Waals surface area contributed by atoms with Crippen LogP contribution in [0.15, 0.2) is 18.2 Å². The van der Waals surface area contributed by atoms with E-state index in [9.17, 15) is 4.39 Å². The third-order valence-corrected chi connectivity index (χ3v) is 4.24. The lowest BCUT2D eigenvalue weighted by atomic mass is 9.90. The number of aryl methyl sites for hydroxylation is 1. The largest absolute Gasteiger partial charge is 0.310 e. The molecule has 19 heavy (non-hydrogen) atoms. The van der Waals surface area contributed by atoms with Crippen LogP contribution in [-0.4, -0.2) is 6.54 Å². The number of nitrogens with one attached hydrogen (secondary N) is 1. The van der Waals surface area contributed by atoms with E-state index in [2.05, 4.69) is 25.2 Å². The zero-order valence-electron chi connectivity index (χ0n) is 12.4. The van der Waals surface area contributed by atoms with E-state index in [1.165, 1.54) is 19.3 Å². The zero-order chi connectivity index (χ0) is 13.8. The minimum Gasteiger partial charge on any atom is -0.310 e. The second kappa shape index (κ2) is 6.51. The lowest BCUT2D eigenvalue weighted by Crippen LogP contribution is -2.28. The van der Waals surface area contributed by atoms with Gasteiger partial charge in [-0.1, -0.05) is 26.3 Å². The molecule has 1 N–H and O–H groups in total.